The van der Waals surface area contributed by atoms with Crippen molar-refractivity contribution in [3.63, 3.8) is 0 Å². The van der Waals surface area contributed by atoms with Crippen LogP contribution in [0.25, 0.3) is 0 Å². The molecule has 78 valence electrons. The fourth-order valence-electron chi connectivity index (χ4n) is 0.732. The lowest BCUT2D eigenvalue weighted by atomic mass is 10.3. The number of hydrogen-bond acceptors (Lipinski definition) is 4. The molecule has 0 rings (SSSR count). The smallest absolute Gasteiger partial charge is 0.338 e. The van der Waals surface area contributed by atoms with Crippen molar-refractivity contribution in [2.75, 3.05) is 0 Å². The predicted octanol–water partition coefficient (Wildman–Crippen LogP) is 1.39. The molecule has 0 spiro atoms. The van der Waals surface area contributed by atoms with E-state index >= 15 is 0 Å². The van der Waals surface area contributed by atoms with Gasteiger partial charge in [-0.15, -0.1) is 0 Å². The summed E-state index contributed by atoms with van der Waals surface area (Å²) in [6, 6.07) is 0. The van der Waals surface area contributed by atoms with E-state index in [1.54, 1.807) is 6.08 Å². The minimum Gasteiger partial charge on any atom is -0.390 e. The van der Waals surface area contributed by atoms with Crippen LogP contribution in [0.3, 0.4) is 0 Å². The first-order valence-electron chi connectivity index (χ1n) is 4.47. The number of ether oxygens (including phenoxy) is 1. The molecule has 0 aliphatic heterocycles. The molecule has 0 aliphatic carbocycles. The molecule has 0 aliphatic rings. The molecule has 0 N–H and O–H groups in total. The molecule has 0 atom stereocenters. The second-order valence-corrected chi connectivity index (χ2v) is 2.86. The summed E-state index contributed by atoms with van der Waals surface area (Å²) in [5, 5.41) is 0. The Labute approximate surface area is 82.9 Å². The van der Waals surface area contributed by atoms with E-state index in [2.05, 4.69) is 4.74 Å². The van der Waals surface area contributed by atoms with E-state index in [1.165, 1.54) is 13.0 Å². The zero-order valence-corrected chi connectivity index (χ0v) is 8.41. The van der Waals surface area contributed by atoms with Crippen molar-refractivity contribution in [3.8, 4) is 0 Å². The minimum atomic E-state index is -0.802. The normalized spacial score (nSPS) is 10.1. The van der Waals surface area contributed by atoms with Gasteiger partial charge in [-0.05, 0) is 13.3 Å². The first kappa shape index (κ1) is 12.6. The topological polar surface area (TPSA) is 60.4 Å². The molecule has 0 aromatic heterocycles. The van der Waals surface area contributed by atoms with Crippen molar-refractivity contribution >= 4 is 17.7 Å². The Hall–Kier alpha value is -1.45. The summed E-state index contributed by atoms with van der Waals surface area (Å²) in [5.74, 6) is -1.84. The molecule has 0 aromatic rings. The maximum Gasteiger partial charge on any atom is 0.338 e. The summed E-state index contributed by atoms with van der Waals surface area (Å²) >= 11 is 0. The lowest BCUT2D eigenvalue weighted by Gasteiger charge is -1.96. The summed E-state index contributed by atoms with van der Waals surface area (Å²) in [5.41, 5.74) is 0. The van der Waals surface area contributed by atoms with Crippen molar-refractivity contribution in [3.05, 3.63) is 12.2 Å². The van der Waals surface area contributed by atoms with Crippen molar-refractivity contribution in [2.24, 2.45) is 0 Å². The highest BCUT2D eigenvalue weighted by atomic mass is 16.6. The average Bonchev–Trinajstić information content (AvgIpc) is 2.02. The van der Waals surface area contributed by atoms with Crippen molar-refractivity contribution in [1.29, 1.82) is 0 Å². The average molecular weight is 198 g/mol. The number of Topliss-reactive ketones (excluding diaryl/α,β-unsaturated/α-hetero) is 1. The van der Waals surface area contributed by atoms with Gasteiger partial charge in [0.05, 0.1) is 0 Å². The predicted molar refractivity (Wildman–Crippen MR) is 50.4 cm³/mol. The third-order valence-corrected chi connectivity index (χ3v) is 1.32. The lowest BCUT2D eigenvalue weighted by Crippen LogP contribution is -2.12. The second kappa shape index (κ2) is 7.00. The van der Waals surface area contributed by atoms with Gasteiger partial charge >= 0.3 is 11.9 Å². The first-order valence-corrected chi connectivity index (χ1v) is 4.47. The SMILES string of the molecule is CCC/C=C\C(=O)OC(=O)CC(C)=O. The fraction of sp³-hybridized carbons (Fsp3) is 0.500. The third kappa shape index (κ3) is 7.21. The van der Waals surface area contributed by atoms with Gasteiger partial charge in [-0.2, -0.15) is 0 Å². The Morgan fingerprint density at radius 1 is 1.29 bits per heavy atom. The molecule has 0 bridgehead atoms. The van der Waals surface area contributed by atoms with Crippen LogP contribution in [0.4, 0.5) is 0 Å². The molecule has 0 fully saturated rings. The van der Waals surface area contributed by atoms with Crippen molar-refractivity contribution in [1.82, 2.24) is 0 Å². The Balaban J connectivity index is 3.82. The molecule has 4 nitrogen and oxygen atoms in total. The van der Waals surface area contributed by atoms with Gasteiger partial charge < -0.3 is 4.74 Å². The molecule has 4 heteroatoms. The van der Waals surface area contributed by atoms with Crippen molar-refractivity contribution < 1.29 is 19.1 Å². The van der Waals surface area contributed by atoms with Gasteiger partial charge in [0.1, 0.15) is 12.2 Å². The molecule has 0 amide bonds. The van der Waals surface area contributed by atoms with Crippen molar-refractivity contribution in [2.45, 2.75) is 33.1 Å². The molecular weight excluding hydrogens is 184 g/mol. The number of ketones is 1. The molecule has 0 saturated carbocycles. The van der Waals surface area contributed by atoms with Crippen LogP contribution in [0.2, 0.25) is 0 Å². The van der Waals surface area contributed by atoms with E-state index in [0.717, 1.165) is 12.8 Å². The summed E-state index contributed by atoms with van der Waals surface area (Å²) < 4.78 is 4.32. The van der Waals surface area contributed by atoms with E-state index in [1.807, 2.05) is 6.92 Å². The molecule has 0 heterocycles. The van der Waals surface area contributed by atoms with Crippen LogP contribution >= 0.6 is 0 Å². The zero-order valence-electron chi connectivity index (χ0n) is 8.41. The van der Waals surface area contributed by atoms with Gasteiger partial charge in [-0.3, -0.25) is 9.59 Å². The van der Waals surface area contributed by atoms with Gasteiger partial charge in [-0.1, -0.05) is 19.4 Å². The van der Waals surface area contributed by atoms with Gasteiger partial charge in [0.15, 0.2) is 0 Å². The van der Waals surface area contributed by atoms with E-state index in [0.29, 0.717) is 0 Å². The number of hydrogen-bond donors (Lipinski definition) is 0. The van der Waals surface area contributed by atoms with Gasteiger partial charge in [0.25, 0.3) is 0 Å². The highest BCUT2D eigenvalue weighted by Crippen LogP contribution is 1.93. The summed E-state index contributed by atoms with van der Waals surface area (Å²) in [6.45, 7) is 3.23. The monoisotopic (exact) mass is 198 g/mol. The van der Waals surface area contributed by atoms with Crippen LogP contribution in [0, 0.1) is 0 Å². The lowest BCUT2D eigenvalue weighted by molar-refractivity contribution is -0.156. The largest absolute Gasteiger partial charge is 0.390 e. The molecular formula is C10H14O4. The number of carbonyl (C=O) groups excluding carboxylic acids is 3. The third-order valence-electron chi connectivity index (χ3n) is 1.32. The molecule has 14 heavy (non-hydrogen) atoms. The quantitative estimate of drug-likeness (QED) is 0.380. The molecule has 0 radical (unpaired) electrons. The number of rotatable bonds is 5. The maximum atomic E-state index is 10.9. The van der Waals surface area contributed by atoms with Crippen LogP contribution < -0.4 is 0 Å². The van der Waals surface area contributed by atoms with Crippen LogP contribution in [0.5, 0.6) is 0 Å². The van der Waals surface area contributed by atoms with Gasteiger partial charge in [0, 0.05) is 6.08 Å². The molecule has 0 unspecified atom stereocenters. The summed E-state index contributed by atoms with van der Waals surface area (Å²) in [7, 11) is 0. The van der Waals surface area contributed by atoms with E-state index in [-0.39, 0.29) is 12.2 Å². The second-order valence-electron chi connectivity index (χ2n) is 2.86. The summed E-state index contributed by atoms with van der Waals surface area (Å²) in [6.07, 6.45) is 4.15. The molecule has 0 aromatic carbocycles. The molecule has 0 saturated heterocycles. The zero-order chi connectivity index (χ0) is 11.0. The van der Waals surface area contributed by atoms with E-state index in [9.17, 15) is 14.4 Å². The summed E-state index contributed by atoms with van der Waals surface area (Å²) in [4.78, 5) is 32.1. The number of unbranched alkanes of at least 4 members (excludes halogenated alkanes) is 1. The van der Waals surface area contributed by atoms with Crippen LogP contribution in [0.15, 0.2) is 12.2 Å². The Bertz CT molecular complexity index is 253. The van der Waals surface area contributed by atoms with Crippen LogP contribution in [-0.2, 0) is 19.1 Å². The van der Waals surface area contributed by atoms with Gasteiger partial charge in [0.2, 0.25) is 0 Å². The van der Waals surface area contributed by atoms with Crippen LogP contribution in [-0.4, -0.2) is 17.7 Å². The highest BCUT2D eigenvalue weighted by Gasteiger charge is 2.09. The Morgan fingerprint density at radius 2 is 1.93 bits per heavy atom. The Kier molecular flexibility index (Phi) is 6.28. The first-order chi connectivity index (χ1) is 6.56. The maximum absolute atomic E-state index is 10.9. The fourth-order valence-corrected chi connectivity index (χ4v) is 0.732. The minimum absolute atomic E-state index is 0.319. The van der Waals surface area contributed by atoms with Crippen LogP contribution in [0.1, 0.15) is 33.1 Å². The number of allylic oxidation sites excluding steroid dienone is 1. The Morgan fingerprint density at radius 3 is 2.43 bits per heavy atom. The standard InChI is InChI=1S/C10H14O4/c1-3-4-5-6-9(12)14-10(13)7-8(2)11/h5-6H,3-4,7H2,1-2H3/b6-5-. The number of esters is 2. The number of carbonyl (C=O) groups is 3. The van der Waals surface area contributed by atoms with Gasteiger partial charge in [-0.25, -0.2) is 4.79 Å². The van der Waals surface area contributed by atoms with E-state index in [4.69, 9.17) is 0 Å². The highest BCUT2D eigenvalue weighted by molar-refractivity contribution is 6.00. The van der Waals surface area contributed by atoms with E-state index < -0.39 is 11.9 Å².